The molecule has 20 heavy (non-hydrogen) atoms. The van der Waals surface area contributed by atoms with E-state index in [0.29, 0.717) is 5.92 Å². The summed E-state index contributed by atoms with van der Waals surface area (Å²) in [6, 6.07) is 8.62. The van der Waals surface area contributed by atoms with Gasteiger partial charge in [-0.25, -0.2) is 4.98 Å². The van der Waals surface area contributed by atoms with Crippen molar-refractivity contribution in [3.63, 3.8) is 0 Å². The molecule has 0 aliphatic rings. The number of anilines is 1. The summed E-state index contributed by atoms with van der Waals surface area (Å²) < 4.78 is 0. The van der Waals surface area contributed by atoms with Crippen LogP contribution in [0, 0.1) is 0 Å². The maximum absolute atomic E-state index is 9.54. The molecule has 0 fully saturated rings. The lowest BCUT2D eigenvalue weighted by Crippen LogP contribution is -2.16. The van der Waals surface area contributed by atoms with Crippen LogP contribution >= 0.6 is 11.3 Å². The molecule has 1 aromatic carbocycles. The van der Waals surface area contributed by atoms with E-state index in [-0.39, 0.29) is 0 Å². The fourth-order valence-corrected chi connectivity index (χ4v) is 2.92. The van der Waals surface area contributed by atoms with Crippen molar-refractivity contribution in [1.82, 2.24) is 4.98 Å². The number of aliphatic hydroxyl groups is 1. The van der Waals surface area contributed by atoms with E-state index in [1.165, 1.54) is 11.3 Å². The predicted molar refractivity (Wildman–Crippen MR) is 85.4 cm³/mol. The van der Waals surface area contributed by atoms with Gasteiger partial charge in [0.1, 0.15) is 5.01 Å². The number of thiazole rings is 1. The highest BCUT2D eigenvalue weighted by Crippen LogP contribution is 2.25. The summed E-state index contributed by atoms with van der Waals surface area (Å²) in [5, 5.41) is 10.6. The van der Waals surface area contributed by atoms with Gasteiger partial charge in [0.2, 0.25) is 0 Å². The van der Waals surface area contributed by atoms with Crippen LogP contribution in [0.5, 0.6) is 0 Å². The molecule has 4 heteroatoms. The standard InChI is InChI=1S/C16H22N2OS/c1-11(2)13-6-5-7-14(8-13)18(4)10-16-17-9-15(20-16)12(3)19/h5-9,11-12,19H,10H2,1-4H3. The summed E-state index contributed by atoms with van der Waals surface area (Å²) in [5.74, 6) is 0.532. The summed E-state index contributed by atoms with van der Waals surface area (Å²) in [6.45, 7) is 6.94. The molecule has 0 saturated heterocycles. The van der Waals surface area contributed by atoms with Crippen molar-refractivity contribution in [1.29, 1.82) is 0 Å². The molecule has 1 heterocycles. The zero-order chi connectivity index (χ0) is 14.7. The predicted octanol–water partition coefficient (Wildman–Crippen LogP) is 3.96. The average Bonchev–Trinajstić information content (AvgIpc) is 2.87. The van der Waals surface area contributed by atoms with E-state index in [9.17, 15) is 5.11 Å². The van der Waals surface area contributed by atoms with Crippen LogP contribution in [0.3, 0.4) is 0 Å². The highest BCUT2D eigenvalue weighted by Gasteiger charge is 2.10. The van der Waals surface area contributed by atoms with Crippen LogP contribution < -0.4 is 4.90 Å². The number of hydrogen-bond donors (Lipinski definition) is 1. The molecular weight excluding hydrogens is 268 g/mol. The van der Waals surface area contributed by atoms with Crippen molar-refractivity contribution in [2.75, 3.05) is 11.9 Å². The second-order valence-corrected chi connectivity index (χ2v) is 6.58. The Morgan fingerprint density at radius 1 is 1.30 bits per heavy atom. The van der Waals surface area contributed by atoms with Crippen LogP contribution in [0.2, 0.25) is 0 Å². The van der Waals surface area contributed by atoms with E-state index >= 15 is 0 Å². The van der Waals surface area contributed by atoms with Crippen molar-refractivity contribution in [3.05, 3.63) is 45.9 Å². The molecule has 108 valence electrons. The Morgan fingerprint density at radius 2 is 2.05 bits per heavy atom. The second kappa shape index (κ2) is 6.37. The van der Waals surface area contributed by atoms with Crippen molar-refractivity contribution >= 4 is 17.0 Å². The molecule has 2 rings (SSSR count). The minimum Gasteiger partial charge on any atom is -0.388 e. The summed E-state index contributed by atoms with van der Waals surface area (Å²) in [5.41, 5.74) is 2.54. The topological polar surface area (TPSA) is 36.4 Å². The highest BCUT2D eigenvalue weighted by molar-refractivity contribution is 7.11. The van der Waals surface area contributed by atoms with Gasteiger partial charge < -0.3 is 10.0 Å². The van der Waals surface area contributed by atoms with Gasteiger partial charge in [0, 0.05) is 18.9 Å². The number of benzene rings is 1. The van der Waals surface area contributed by atoms with Crippen LogP contribution in [0.25, 0.3) is 0 Å². The van der Waals surface area contributed by atoms with Gasteiger partial charge in [-0.1, -0.05) is 26.0 Å². The van der Waals surface area contributed by atoms with E-state index in [1.807, 2.05) is 0 Å². The van der Waals surface area contributed by atoms with Gasteiger partial charge in [-0.2, -0.15) is 0 Å². The lowest BCUT2D eigenvalue weighted by molar-refractivity contribution is 0.203. The smallest absolute Gasteiger partial charge is 0.112 e. The highest BCUT2D eigenvalue weighted by atomic mass is 32.1. The Balaban J connectivity index is 2.10. The Hall–Kier alpha value is -1.39. The van der Waals surface area contributed by atoms with E-state index in [2.05, 4.69) is 55.0 Å². The molecule has 1 unspecified atom stereocenters. The molecule has 0 aliphatic carbocycles. The van der Waals surface area contributed by atoms with E-state index in [4.69, 9.17) is 0 Å². The summed E-state index contributed by atoms with van der Waals surface area (Å²) >= 11 is 1.57. The molecule has 3 nitrogen and oxygen atoms in total. The van der Waals surface area contributed by atoms with Gasteiger partial charge in [0.05, 0.1) is 17.5 Å². The van der Waals surface area contributed by atoms with Crippen molar-refractivity contribution in [3.8, 4) is 0 Å². The van der Waals surface area contributed by atoms with Gasteiger partial charge >= 0.3 is 0 Å². The van der Waals surface area contributed by atoms with Gasteiger partial charge in [0.15, 0.2) is 0 Å². The van der Waals surface area contributed by atoms with Gasteiger partial charge in [-0.3, -0.25) is 0 Å². The fraction of sp³-hybridized carbons (Fsp3) is 0.438. The van der Waals surface area contributed by atoms with E-state index < -0.39 is 6.10 Å². The lowest BCUT2D eigenvalue weighted by atomic mass is 10.0. The SMILES string of the molecule is CC(C)c1cccc(N(C)Cc2ncc(C(C)O)s2)c1. The van der Waals surface area contributed by atoms with Gasteiger partial charge in [0.25, 0.3) is 0 Å². The molecule has 0 bridgehead atoms. The molecule has 0 amide bonds. The molecule has 0 saturated carbocycles. The van der Waals surface area contributed by atoms with Crippen LogP contribution in [0.15, 0.2) is 30.5 Å². The van der Waals surface area contributed by atoms with Crippen LogP contribution in [-0.2, 0) is 6.54 Å². The van der Waals surface area contributed by atoms with Crippen molar-refractivity contribution in [2.45, 2.75) is 39.3 Å². The molecule has 0 spiro atoms. The average molecular weight is 290 g/mol. The summed E-state index contributed by atoms with van der Waals surface area (Å²) in [7, 11) is 2.07. The Labute approximate surface area is 124 Å². The first-order chi connectivity index (χ1) is 9.47. The lowest BCUT2D eigenvalue weighted by Gasteiger charge is -2.19. The molecule has 2 aromatic rings. The molecule has 1 aromatic heterocycles. The molecule has 0 aliphatic heterocycles. The Bertz CT molecular complexity index is 563. The second-order valence-electron chi connectivity index (χ2n) is 5.44. The first-order valence-corrected chi connectivity index (χ1v) is 7.72. The Morgan fingerprint density at radius 3 is 2.65 bits per heavy atom. The zero-order valence-electron chi connectivity index (χ0n) is 12.5. The molecule has 1 atom stereocenters. The number of aromatic nitrogens is 1. The maximum Gasteiger partial charge on any atom is 0.112 e. The van der Waals surface area contributed by atoms with Crippen molar-refractivity contribution < 1.29 is 5.11 Å². The monoisotopic (exact) mass is 290 g/mol. The molecule has 0 radical (unpaired) electrons. The largest absolute Gasteiger partial charge is 0.388 e. The van der Waals surface area contributed by atoms with Gasteiger partial charge in [-0.05, 0) is 30.5 Å². The van der Waals surface area contributed by atoms with Crippen molar-refractivity contribution in [2.24, 2.45) is 0 Å². The van der Waals surface area contributed by atoms with Crippen LogP contribution in [0.4, 0.5) is 5.69 Å². The molecular formula is C16H22N2OS. The maximum atomic E-state index is 9.54. The first kappa shape index (κ1) is 15.0. The van der Waals surface area contributed by atoms with Crippen LogP contribution in [-0.4, -0.2) is 17.1 Å². The zero-order valence-corrected chi connectivity index (χ0v) is 13.3. The summed E-state index contributed by atoms with van der Waals surface area (Å²) in [4.78, 5) is 7.49. The minimum absolute atomic E-state index is 0.434. The third kappa shape index (κ3) is 3.58. The normalized spacial score (nSPS) is 12.7. The number of rotatable bonds is 5. The summed E-state index contributed by atoms with van der Waals surface area (Å²) in [6.07, 6.45) is 1.33. The van der Waals surface area contributed by atoms with Crippen LogP contribution in [0.1, 0.15) is 48.2 Å². The minimum atomic E-state index is -0.434. The third-order valence-electron chi connectivity index (χ3n) is 3.33. The van der Waals surface area contributed by atoms with E-state index in [1.54, 1.807) is 24.5 Å². The van der Waals surface area contributed by atoms with Gasteiger partial charge in [-0.15, -0.1) is 11.3 Å². The number of nitrogens with zero attached hydrogens (tertiary/aromatic N) is 2. The quantitative estimate of drug-likeness (QED) is 0.905. The van der Waals surface area contributed by atoms with E-state index in [0.717, 1.165) is 16.4 Å². The third-order valence-corrected chi connectivity index (χ3v) is 4.49. The number of aliphatic hydroxyl groups excluding tert-OH is 1. The fourth-order valence-electron chi connectivity index (χ4n) is 2.01. The first-order valence-electron chi connectivity index (χ1n) is 6.91. The number of hydrogen-bond acceptors (Lipinski definition) is 4. The molecule has 1 N–H and O–H groups in total. The Kier molecular flexibility index (Phi) is 4.78.